The van der Waals surface area contributed by atoms with E-state index in [4.69, 9.17) is 11.5 Å². The van der Waals surface area contributed by atoms with Gasteiger partial charge in [-0.25, -0.2) is 0 Å². The van der Waals surface area contributed by atoms with E-state index < -0.39 is 0 Å². The van der Waals surface area contributed by atoms with Crippen LogP contribution in [-0.4, -0.2) is 0 Å². The minimum absolute atomic E-state index is 0.468. The molecule has 64 heavy (non-hydrogen) atoms. The van der Waals surface area contributed by atoms with Crippen molar-refractivity contribution >= 4 is 11.4 Å². The third kappa shape index (κ3) is 23.1. The molecule has 0 amide bonds. The molecule has 0 aliphatic heterocycles. The first-order chi connectivity index (χ1) is 31.6. The highest BCUT2D eigenvalue weighted by molar-refractivity contribution is 5.44. The maximum atomic E-state index is 6.05. The lowest BCUT2D eigenvalue weighted by Crippen LogP contribution is -2.02. The molecule has 4 rings (SSSR count). The summed E-state index contributed by atoms with van der Waals surface area (Å²) in [5, 5.41) is 0. The molecule has 0 bridgehead atoms. The van der Waals surface area contributed by atoms with Crippen LogP contribution in [0.25, 0.3) is 0 Å². The molecule has 0 aromatic heterocycles. The molecule has 0 aliphatic carbocycles. The Labute approximate surface area is 395 Å². The number of hydrogen-bond donors (Lipinski definition) is 2. The van der Waals surface area contributed by atoms with Gasteiger partial charge in [-0.3, -0.25) is 0 Å². The predicted octanol–water partition coefficient (Wildman–Crippen LogP) is 19.4. The summed E-state index contributed by atoms with van der Waals surface area (Å²) in [6.45, 7) is 4.60. The van der Waals surface area contributed by atoms with Gasteiger partial charge in [0.25, 0.3) is 0 Å². The number of benzene rings is 4. The van der Waals surface area contributed by atoms with Gasteiger partial charge in [0.05, 0.1) is 0 Å². The monoisotopic (exact) mass is 869 g/mol. The van der Waals surface area contributed by atoms with Gasteiger partial charge in [0.15, 0.2) is 0 Å². The van der Waals surface area contributed by atoms with Crippen molar-refractivity contribution in [3.05, 3.63) is 130 Å². The van der Waals surface area contributed by atoms with Crippen LogP contribution in [0.4, 0.5) is 11.4 Å². The Morgan fingerprint density at radius 2 is 0.484 bits per heavy atom. The summed E-state index contributed by atoms with van der Waals surface area (Å²) in [5.41, 5.74) is 22.6. The fraction of sp³-hybridized carbons (Fsp3) is 0.613. The summed E-state index contributed by atoms with van der Waals surface area (Å²) in [4.78, 5) is 0. The second kappa shape index (κ2) is 34.8. The van der Waals surface area contributed by atoms with Crippen molar-refractivity contribution in [3.63, 3.8) is 0 Å². The van der Waals surface area contributed by atoms with E-state index in [0.717, 1.165) is 11.4 Å². The van der Waals surface area contributed by atoms with Crippen molar-refractivity contribution in [2.45, 2.75) is 244 Å². The van der Waals surface area contributed by atoms with Crippen molar-refractivity contribution in [1.29, 1.82) is 0 Å². The van der Waals surface area contributed by atoms with Gasteiger partial charge >= 0.3 is 0 Å². The molecule has 4 aromatic rings. The zero-order chi connectivity index (χ0) is 45.1. The van der Waals surface area contributed by atoms with E-state index in [0.29, 0.717) is 11.8 Å². The Morgan fingerprint density at radius 3 is 0.750 bits per heavy atom. The minimum Gasteiger partial charge on any atom is -0.399 e. The maximum Gasteiger partial charge on any atom is 0.0314 e. The average Bonchev–Trinajstić information content (AvgIpc) is 3.32. The number of aryl methyl sites for hydroxylation is 2. The second-order valence-electron chi connectivity index (χ2n) is 19.9. The molecule has 4 aromatic carbocycles. The summed E-state index contributed by atoms with van der Waals surface area (Å²) in [6.07, 6.45) is 46.3. The largest absolute Gasteiger partial charge is 0.399 e. The molecule has 4 N–H and O–H groups in total. The molecular formula is C62H96N2. The molecule has 0 aliphatic rings. The Morgan fingerprint density at radius 1 is 0.266 bits per heavy atom. The van der Waals surface area contributed by atoms with Gasteiger partial charge in [-0.2, -0.15) is 0 Å². The van der Waals surface area contributed by atoms with Gasteiger partial charge < -0.3 is 11.5 Å². The van der Waals surface area contributed by atoms with Gasteiger partial charge in [-0.15, -0.1) is 0 Å². The minimum atomic E-state index is 0.468. The quantitative estimate of drug-likeness (QED) is 0.0347. The lowest BCUT2D eigenvalue weighted by molar-refractivity contribution is 0.533. The van der Waals surface area contributed by atoms with Crippen molar-refractivity contribution < 1.29 is 0 Å². The molecule has 2 atom stereocenters. The Balaban J connectivity index is 0.987. The highest BCUT2D eigenvalue weighted by Gasteiger charge is 2.16. The van der Waals surface area contributed by atoms with Crippen LogP contribution in [0.15, 0.2) is 97.1 Å². The predicted molar refractivity (Wildman–Crippen MR) is 285 cm³/mol. The van der Waals surface area contributed by atoms with E-state index in [1.165, 1.54) is 252 Å². The SMILES string of the molecule is CCCCCCCCCCC(c1ccc(N)cc1)c1ccc(CCCCCCCCCCCCCCCCc2ccc(C(CCCCCCCCCC)c3ccc(N)cc3)cc2)cc1. The van der Waals surface area contributed by atoms with Crippen LogP contribution in [-0.2, 0) is 12.8 Å². The first-order valence-corrected chi connectivity index (χ1v) is 27.5. The van der Waals surface area contributed by atoms with Crippen molar-refractivity contribution in [2.24, 2.45) is 0 Å². The summed E-state index contributed by atoms with van der Waals surface area (Å²) >= 11 is 0. The standard InChI is InChI=1S/C62H96N2/c1-3-5-7-9-11-23-27-31-35-61(57-45-49-59(63)50-46-57)55-41-37-53(38-42-55)33-29-25-21-19-17-15-13-14-16-18-20-22-26-30-34-54-39-43-56(44-40-54)62(58-47-51-60(64)52-48-58)36-32-28-24-12-10-8-6-4-2/h37-52,61-62H,3-36,63-64H2,1-2H3. The molecule has 0 heterocycles. The van der Waals surface area contributed by atoms with Crippen LogP contribution in [0.5, 0.6) is 0 Å². The lowest BCUT2D eigenvalue weighted by Gasteiger charge is -2.19. The number of anilines is 2. The van der Waals surface area contributed by atoms with E-state index in [1.54, 1.807) is 0 Å². The third-order valence-corrected chi connectivity index (χ3v) is 14.3. The number of nitrogens with two attached hydrogens (primary N) is 2. The normalized spacial score (nSPS) is 12.5. The van der Waals surface area contributed by atoms with E-state index in [-0.39, 0.29) is 0 Å². The van der Waals surface area contributed by atoms with E-state index >= 15 is 0 Å². The van der Waals surface area contributed by atoms with Crippen molar-refractivity contribution in [1.82, 2.24) is 0 Å². The first-order valence-electron chi connectivity index (χ1n) is 27.5. The molecule has 2 heteroatoms. The van der Waals surface area contributed by atoms with Crippen LogP contribution < -0.4 is 11.5 Å². The van der Waals surface area contributed by atoms with Crippen molar-refractivity contribution in [2.75, 3.05) is 11.5 Å². The highest BCUT2D eigenvalue weighted by Crippen LogP contribution is 2.33. The number of hydrogen-bond acceptors (Lipinski definition) is 2. The maximum absolute atomic E-state index is 6.05. The summed E-state index contributed by atoms with van der Waals surface area (Å²) in [5.74, 6) is 0.937. The molecule has 0 fully saturated rings. The van der Waals surface area contributed by atoms with Crippen molar-refractivity contribution in [3.8, 4) is 0 Å². The second-order valence-corrected chi connectivity index (χ2v) is 19.9. The Bertz CT molecular complexity index is 1530. The van der Waals surface area contributed by atoms with Gasteiger partial charge in [0.1, 0.15) is 0 Å². The van der Waals surface area contributed by atoms with Crippen LogP contribution in [0.1, 0.15) is 265 Å². The lowest BCUT2D eigenvalue weighted by atomic mass is 9.86. The fourth-order valence-electron chi connectivity index (χ4n) is 10.1. The smallest absolute Gasteiger partial charge is 0.0314 e. The van der Waals surface area contributed by atoms with Crippen LogP contribution >= 0.6 is 0 Å². The van der Waals surface area contributed by atoms with Gasteiger partial charge in [0.2, 0.25) is 0 Å². The zero-order valence-electron chi connectivity index (χ0n) is 41.6. The van der Waals surface area contributed by atoms with Gasteiger partial charge in [-0.05, 0) is 96.2 Å². The van der Waals surface area contributed by atoms with Crippen LogP contribution in [0.3, 0.4) is 0 Å². The molecule has 2 unspecified atom stereocenters. The molecular weight excluding hydrogens is 773 g/mol. The van der Waals surface area contributed by atoms with Crippen LogP contribution in [0.2, 0.25) is 0 Å². The molecule has 0 spiro atoms. The Kier molecular flexibility index (Phi) is 28.9. The Hall–Kier alpha value is -3.52. The number of nitrogen functional groups attached to an aromatic ring is 2. The molecule has 0 saturated carbocycles. The van der Waals surface area contributed by atoms with Gasteiger partial charge in [-0.1, -0.05) is 266 Å². The highest BCUT2D eigenvalue weighted by atomic mass is 14.5. The fourth-order valence-corrected chi connectivity index (χ4v) is 10.1. The topological polar surface area (TPSA) is 52.0 Å². The van der Waals surface area contributed by atoms with Gasteiger partial charge in [0, 0.05) is 23.2 Å². The first kappa shape index (κ1) is 53.1. The zero-order valence-corrected chi connectivity index (χ0v) is 41.6. The summed E-state index contributed by atoms with van der Waals surface area (Å²) in [7, 11) is 0. The van der Waals surface area contributed by atoms with E-state index in [2.05, 4.69) is 111 Å². The van der Waals surface area contributed by atoms with Crippen LogP contribution in [0, 0.1) is 0 Å². The van der Waals surface area contributed by atoms with E-state index in [9.17, 15) is 0 Å². The molecule has 354 valence electrons. The summed E-state index contributed by atoms with van der Waals surface area (Å²) in [6, 6.07) is 36.6. The molecule has 0 saturated heterocycles. The third-order valence-electron chi connectivity index (χ3n) is 14.3. The number of rotatable bonds is 39. The number of unbranched alkanes of at least 4 members (excludes halogenated alkanes) is 27. The van der Waals surface area contributed by atoms with E-state index in [1.807, 2.05) is 0 Å². The molecule has 2 nitrogen and oxygen atoms in total. The average molecular weight is 869 g/mol. The summed E-state index contributed by atoms with van der Waals surface area (Å²) < 4.78 is 0. The molecule has 0 radical (unpaired) electrons.